The molecule has 33 heavy (non-hydrogen) atoms. The highest BCUT2D eigenvalue weighted by Gasteiger charge is 2.18. The number of morpholine rings is 1. The Bertz CT molecular complexity index is 1330. The van der Waals surface area contributed by atoms with Gasteiger partial charge in [0.05, 0.1) is 24.4 Å². The van der Waals surface area contributed by atoms with Crippen LogP contribution in [-0.2, 0) is 16.1 Å². The van der Waals surface area contributed by atoms with Crippen LogP contribution in [0.25, 0.3) is 16.9 Å². The first-order valence-corrected chi connectivity index (χ1v) is 11.0. The molecule has 1 aliphatic heterocycles. The number of nitrogens with one attached hydrogen (secondary N) is 1. The van der Waals surface area contributed by atoms with Crippen LogP contribution in [0.2, 0.25) is 0 Å². The minimum atomic E-state index is -0.301. The minimum Gasteiger partial charge on any atom is -0.378 e. The van der Waals surface area contributed by atoms with E-state index in [0.717, 1.165) is 37.6 Å². The average molecular weight is 444 g/mol. The van der Waals surface area contributed by atoms with Crippen LogP contribution in [0.1, 0.15) is 5.56 Å². The fraction of sp³-hybridized carbons (Fsp3) is 0.240. The Kier molecular flexibility index (Phi) is 5.66. The highest BCUT2D eigenvalue weighted by atomic mass is 16.5. The zero-order chi connectivity index (χ0) is 22.8. The van der Waals surface area contributed by atoms with Crippen molar-refractivity contribution in [2.24, 2.45) is 0 Å². The Labute approximate surface area is 191 Å². The second-order valence-electron chi connectivity index (χ2n) is 8.08. The summed E-state index contributed by atoms with van der Waals surface area (Å²) in [5, 5.41) is 2.90. The summed E-state index contributed by atoms with van der Waals surface area (Å²) >= 11 is 0. The summed E-state index contributed by atoms with van der Waals surface area (Å²) in [7, 11) is 0. The van der Waals surface area contributed by atoms with Gasteiger partial charge in [-0.15, -0.1) is 0 Å². The van der Waals surface area contributed by atoms with Gasteiger partial charge >= 0.3 is 5.69 Å². The van der Waals surface area contributed by atoms with Crippen LogP contribution in [0.5, 0.6) is 0 Å². The fourth-order valence-corrected chi connectivity index (χ4v) is 4.09. The Morgan fingerprint density at radius 2 is 1.70 bits per heavy atom. The SMILES string of the molecule is Cc1ccc(-n2c(=O)n(CC(=O)Nc3ccc(N4CCOCC4)cc3)c3cccnc32)cc1. The van der Waals surface area contributed by atoms with Crippen LogP contribution in [0, 0.1) is 6.92 Å². The van der Waals surface area contributed by atoms with Crippen molar-refractivity contribution in [3.05, 3.63) is 82.9 Å². The molecular formula is C25H25N5O3. The number of hydrogen-bond acceptors (Lipinski definition) is 5. The molecule has 0 atom stereocenters. The lowest BCUT2D eigenvalue weighted by molar-refractivity contribution is -0.116. The number of carbonyl (C=O) groups excluding carboxylic acids is 1. The number of benzene rings is 2. The maximum absolute atomic E-state index is 13.3. The number of hydrogen-bond donors (Lipinski definition) is 1. The normalized spacial score (nSPS) is 13.9. The Morgan fingerprint density at radius 1 is 1.00 bits per heavy atom. The third-order valence-electron chi connectivity index (χ3n) is 5.81. The highest BCUT2D eigenvalue weighted by molar-refractivity contribution is 5.91. The number of pyridine rings is 1. The first-order chi connectivity index (χ1) is 16.1. The number of carbonyl (C=O) groups is 1. The standard InChI is InChI=1S/C25H25N5O3/c1-18-4-8-21(9-5-18)30-24-22(3-2-12-26-24)29(25(30)32)17-23(31)27-19-6-10-20(11-7-19)28-13-15-33-16-14-28/h2-12H,13-17H2,1H3,(H,27,31). The van der Waals surface area contributed by atoms with Crippen molar-refractivity contribution in [3.63, 3.8) is 0 Å². The van der Waals surface area contributed by atoms with E-state index in [-0.39, 0.29) is 18.1 Å². The molecule has 0 aliphatic carbocycles. The number of aromatic nitrogens is 3. The fourth-order valence-electron chi connectivity index (χ4n) is 4.09. The average Bonchev–Trinajstić information content (AvgIpc) is 3.12. The third-order valence-corrected chi connectivity index (χ3v) is 5.81. The molecule has 0 radical (unpaired) electrons. The van der Waals surface area contributed by atoms with Crippen molar-refractivity contribution in [1.29, 1.82) is 0 Å². The molecule has 168 valence electrons. The molecule has 0 saturated carbocycles. The van der Waals surface area contributed by atoms with Gasteiger partial charge in [0.1, 0.15) is 6.54 Å². The number of aryl methyl sites for hydroxylation is 1. The van der Waals surface area contributed by atoms with Crippen molar-refractivity contribution < 1.29 is 9.53 Å². The van der Waals surface area contributed by atoms with E-state index in [1.165, 1.54) is 4.57 Å². The van der Waals surface area contributed by atoms with Crippen LogP contribution in [0.15, 0.2) is 71.7 Å². The smallest absolute Gasteiger partial charge is 0.335 e. The van der Waals surface area contributed by atoms with Gasteiger partial charge in [-0.2, -0.15) is 0 Å². The Balaban J connectivity index is 1.38. The number of imidazole rings is 1. The number of amides is 1. The van der Waals surface area contributed by atoms with E-state index >= 15 is 0 Å². The second-order valence-corrected chi connectivity index (χ2v) is 8.08. The molecule has 5 rings (SSSR count). The quantitative estimate of drug-likeness (QED) is 0.513. The van der Waals surface area contributed by atoms with Gasteiger partial charge in [-0.3, -0.25) is 9.36 Å². The van der Waals surface area contributed by atoms with Gasteiger partial charge in [0.25, 0.3) is 0 Å². The summed E-state index contributed by atoms with van der Waals surface area (Å²) in [4.78, 5) is 32.8. The largest absolute Gasteiger partial charge is 0.378 e. The van der Waals surface area contributed by atoms with Crippen molar-refractivity contribution in [1.82, 2.24) is 14.1 Å². The summed E-state index contributed by atoms with van der Waals surface area (Å²) < 4.78 is 8.40. The molecule has 1 saturated heterocycles. The number of ether oxygens (including phenoxy) is 1. The lowest BCUT2D eigenvalue weighted by atomic mass is 10.2. The van der Waals surface area contributed by atoms with Crippen LogP contribution in [-0.4, -0.2) is 46.3 Å². The molecule has 1 aliphatic rings. The van der Waals surface area contributed by atoms with Crippen molar-refractivity contribution in [2.45, 2.75) is 13.5 Å². The Hall–Kier alpha value is -3.91. The number of fused-ring (bicyclic) bond motifs is 1. The van der Waals surface area contributed by atoms with Crippen molar-refractivity contribution in [2.75, 3.05) is 36.5 Å². The van der Waals surface area contributed by atoms with E-state index in [0.29, 0.717) is 22.5 Å². The van der Waals surface area contributed by atoms with Crippen molar-refractivity contribution in [3.8, 4) is 5.69 Å². The zero-order valence-corrected chi connectivity index (χ0v) is 18.4. The monoisotopic (exact) mass is 443 g/mol. The molecule has 3 heterocycles. The summed E-state index contributed by atoms with van der Waals surface area (Å²) in [5.41, 5.74) is 4.43. The Morgan fingerprint density at radius 3 is 2.42 bits per heavy atom. The van der Waals surface area contributed by atoms with Gasteiger partial charge in [0.15, 0.2) is 5.65 Å². The summed E-state index contributed by atoms with van der Waals surface area (Å²) in [6, 6.07) is 18.9. The molecular weight excluding hydrogens is 418 g/mol. The van der Waals surface area contributed by atoms with E-state index in [9.17, 15) is 9.59 Å². The van der Waals surface area contributed by atoms with Crippen molar-refractivity contribution >= 4 is 28.4 Å². The number of nitrogens with zero attached hydrogens (tertiary/aromatic N) is 4. The molecule has 8 nitrogen and oxygen atoms in total. The van der Waals surface area contributed by atoms with Gasteiger partial charge < -0.3 is 15.0 Å². The molecule has 4 aromatic rings. The van der Waals surface area contributed by atoms with Gasteiger partial charge in [-0.05, 0) is 55.5 Å². The predicted octanol–water partition coefficient (Wildman–Crippen LogP) is 2.97. The first-order valence-electron chi connectivity index (χ1n) is 11.0. The highest BCUT2D eigenvalue weighted by Crippen LogP contribution is 2.20. The number of anilines is 2. The van der Waals surface area contributed by atoms with Gasteiger partial charge in [-0.1, -0.05) is 17.7 Å². The van der Waals surface area contributed by atoms with Crippen LogP contribution < -0.4 is 15.9 Å². The van der Waals surface area contributed by atoms with E-state index < -0.39 is 0 Å². The number of rotatable bonds is 5. The zero-order valence-electron chi connectivity index (χ0n) is 18.4. The maximum atomic E-state index is 13.3. The van der Waals surface area contributed by atoms with Crippen LogP contribution in [0.3, 0.4) is 0 Å². The summed E-state index contributed by atoms with van der Waals surface area (Å²) in [5.74, 6) is -0.275. The molecule has 0 spiro atoms. The minimum absolute atomic E-state index is 0.106. The molecule has 1 amide bonds. The summed E-state index contributed by atoms with van der Waals surface area (Å²) in [6.45, 7) is 5.04. The predicted molar refractivity (Wildman–Crippen MR) is 128 cm³/mol. The first kappa shape index (κ1) is 21.0. The molecule has 1 N–H and O–H groups in total. The third kappa shape index (κ3) is 4.25. The molecule has 0 bridgehead atoms. The lowest BCUT2D eigenvalue weighted by Gasteiger charge is -2.28. The molecule has 2 aromatic carbocycles. The molecule has 2 aromatic heterocycles. The molecule has 1 fully saturated rings. The van der Waals surface area contributed by atoms with Crippen LogP contribution in [0.4, 0.5) is 11.4 Å². The second kappa shape index (κ2) is 8.91. The van der Waals surface area contributed by atoms with Gasteiger partial charge in [0, 0.05) is 30.7 Å². The van der Waals surface area contributed by atoms with Gasteiger partial charge in [0.2, 0.25) is 5.91 Å². The van der Waals surface area contributed by atoms with E-state index in [1.807, 2.05) is 55.5 Å². The van der Waals surface area contributed by atoms with Crippen LogP contribution >= 0.6 is 0 Å². The van der Waals surface area contributed by atoms with E-state index in [1.54, 1.807) is 22.9 Å². The molecule has 0 unspecified atom stereocenters. The van der Waals surface area contributed by atoms with E-state index in [4.69, 9.17) is 4.74 Å². The topological polar surface area (TPSA) is 81.4 Å². The molecule has 8 heteroatoms. The lowest BCUT2D eigenvalue weighted by Crippen LogP contribution is -2.36. The summed E-state index contributed by atoms with van der Waals surface area (Å²) in [6.07, 6.45) is 1.65. The maximum Gasteiger partial charge on any atom is 0.335 e. The van der Waals surface area contributed by atoms with E-state index in [2.05, 4.69) is 15.2 Å². The van der Waals surface area contributed by atoms with Gasteiger partial charge in [-0.25, -0.2) is 14.3 Å².